The summed E-state index contributed by atoms with van der Waals surface area (Å²) in [4.78, 5) is 20.1. The Morgan fingerprint density at radius 3 is 1.48 bits per heavy atom. The molecule has 0 bridgehead atoms. The second kappa shape index (κ2) is 5.74. The van der Waals surface area contributed by atoms with Crippen molar-refractivity contribution in [1.29, 1.82) is 0 Å². The molecule has 0 aliphatic rings. The predicted molar refractivity (Wildman–Crippen MR) is 71.6 cm³/mol. The van der Waals surface area contributed by atoms with Gasteiger partial charge in [-0.25, -0.2) is 0 Å². The van der Waals surface area contributed by atoms with Crippen molar-refractivity contribution in [3.63, 3.8) is 0 Å². The Morgan fingerprint density at radius 1 is 0.667 bits per heavy atom. The number of benzene rings is 2. The molecule has 0 saturated carbocycles. The van der Waals surface area contributed by atoms with E-state index in [1.807, 2.05) is 0 Å². The molecule has 0 fully saturated rings. The molecule has 21 heavy (non-hydrogen) atoms. The van der Waals surface area contributed by atoms with Crippen LogP contribution in [-0.4, -0.2) is 14.7 Å². The maximum absolute atomic E-state index is 11.8. The molecule has 0 saturated heterocycles. The predicted octanol–water partition coefficient (Wildman–Crippen LogP) is 3.43. The summed E-state index contributed by atoms with van der Waals surface area (Å²) in [7, 11) is 0. The highest BCUT2D eigenvalue weighted by atomic mass is 16.6. The van der Waals surface area contributed by atoms with Crippen LogP contribution in [0.5, 0.6) is 0 Å². The number of hydrogen-bond donors (Lipinski definition) is 0. The average molecular weight is 288 g/mol. The van der Waals surface area contributed by atoms with E-state index in [1.54, 1.807) is 0 Å². The summed E-state index contributed by atoms with van der Waals surface area (Å²) in [6.07, 6.45) is 0. The fourth-order valence-electron chi connectivity index (χ4n) is 1.51. The topological polar surface area (TPSA) is 125 Å². The Labute approximate surface area is 117 Å². The third-order valence-corrected chi connectivity index (χ3v) is 2.55. The van der Waals surface area contributed by atoms with Crippen LogP contribution in [0.4, 0.5) is 22.7 Å². The Kier molecular flexibility index (Phi) is 3.84. The van der Waals surface area contributed by atoms with Crippen LogP contribution in [-0.2, 0) is 0 Å². The van der Waals surface area contributed by atoms with Crippen molar-refractivity contribution in [2.75, 3.05) is 0 Å². The lowest BCUT2D eigenvalue weighted by molar-refractivity contribution is -0.435. The van der Waals surface area contributed by atoms with E-state index in [2.05, 4.69) is 5.11 Å². The Hall–Kier alpha value is -3.36. The molecule has 0 amide bonds. The van der Waals surface area contributed by atoms with Crippen molar-refractivity contribution < 1.29 is 14.7 Å². The first kappa shape index (κ1) is 14.1. The zero-order valence-electron chi connectivity index (χ0n) is 10.4. The van der Waals surface area contributed by atoms with Crippen molar-refractivity contribution in [2.24, 2.45) is 5.11 Å². The molecule has 106 valence electrons. The molecule has 0 unspecified atom stereocenters. The summed E-state index contributed by atoms with van der Waals surface area (Å²) in [5, 5.41) is 36.4. The molecule has 0 atom stereocenters. The van der Waals surface area contributed by atoms with E-state index < -0.39 is 9.85 Å². The smallest absolute Gasteiger partial charge is 0.269 e. The first-order valence-corrected chi connectivity index (χ1v) is 5.65. The minimum absolute atomic E-state index is 0.110. The maximum atomic E-state index is 11.8. The number of nitro groups is 2. The largest absolute Gasteiger partial charge is 0.594 e. The lowest BCUT2D eigenvalue weighted by Gasteiger charge is -1.99. The third-order valence-electron chi connectivity index (χ3n) is 2.55. The molecule has 0 N–H and O–H groups in total. The van der Waals surface area contributed by atoms with Gasteiger partial charge in [-0.05, 0) is 12.1 Å². The van der Waals surface area contributed by atoms with Crippen LogP contribution in [0.25, 0.3) is 0 Å². The molecule has 0 heterocycles. The molecular formula is C12H8N4O5. The number of azo groups is 1. The highest BCUT2D eigenvalue weighted by Crippen LogP contribution is 2.22. The molecule has 0 radical (unpaired) electrons. The van der Waals surface area contributed by atoms with E-state index in [0.29, 0.717) is 0 Å². The number of hydrogen-bond acceptors (Lipinski definition) is 6. The standard InChI is InChI=1S/C12H8N4O5/c17-14(10-5-7-12(8-6-10)16(20)21)13-9-1-3-11(4-2-9)15(18)19/h1-8H. The van der Waals surface area contributed by atoms with E-state index in [9.17, 15) is 25.4 Å². The molecule has 0 aliphatic carbocycles. The summed E-state index contributed by atoms with van der Waals surface area (Å²) < 4.78 is 0. The molecule has 0 aromatic heterocycles. The van der Waals surface area contributed by atoms with Crippen LogP contribution in [0.2, 0.25) is 0 Å². The van der Waals surface area contributed by atoms with Gasteiger partial charge in [0.05, 0.1) is 9.85 Å². The Morgan fingerprint density at radius 2 is 1.05 bits per heavy atom. The Bertz CT molecular complexity index is 709. The van der Waals surface area contributed by atoms with Crippen LogP contribution < -0.4 is 0 Å². The van der Waals surface area contributed by atoms with Crippen LogP contribution >= 0.6 is 0 Å². The van der Waals surface area contributed by atoms with Gasteiger partial charge in [0, 0.05) is 41.5 Å². The van der Waals surface area contributed by atoms with Crippen LogP contribution in [0, 0.1) is 25.4 Å². The average Bonchev–Trinajstić information content (AvgIpc) is 2.47. The molecule has 2 rings (SSSR count). The van der Waals surface area contributed by atoms with Crippen LogP contribution in [0.15, 0.2) is 53.6 Å². The van der Waals surface area contributed by atoms with Gasteiger partial charge in [-0.1, -0.05) is 4.86 Å². The van der Waals surface area contributed by atoms with Crippen LogP contribution in [0.1, 0.15) is 0 Å². The van der Waals surface area contributed by atoms with Crippen LogP contribution in [0.3, 0.4) is 0 Å². The SMILES string of the molecule is O=[N+]([O-])c1ccc(N=[N+]([O-])c2ccc([N+](=O)[O-])cc2)cc1. The first-order valence-electron chi connectivity index (χ1n) is 5.65. The highest BCUT2D eigenvalue weighted by molar-refractivity contribution is 5.44. The van der Waals surface area contributed by atoms with Crippen molar-refractivity contribution in [1.82, 2.24) is 0 Å². The molecule has 0 spiro atoms. The summed E-state index contributed by atoms with van der Waals surface area (Å²) in [5.41, 5.74) is 0.0946. The third kappa shape index (κ3) is 3.35. The zero-order valence-corrected chi connectivity index (χ0v) is 10.4. The molecular weight excluding hydrogens is 280 g/mol. The van der Waals surface area contributed by atoms with E-state index in [4.69, 9.17) is 0 Å². The second-order valence-corrected chi connectivity index (χ2v) is 3.92. The van der Waals surface area contributed by atoms with Gasteiger partial charge in [-0.15, -0.1) is 0 Å². The van der Waals surface area contributed by atoms with E-state index in [1.165, 1.54) is 48.5 Å². The number of rotatable bonds is 4. The summed E-state index contributed by atoms with van der Waals surface area (Å²) in [5.74, 6) is 0. The van der Waals surface area contributed by atoms with Gasteiger partial charge in [0.25, 0.3) is 11.4 Å². The van der Waals surface area contributed by atoms with Gasteiger partial charge in [0.2, 0.25) is 5.69 Å². The molecule has 2 aromatic rings. The quantitative estimate of drug-likeness (QED) is 0.368. The molecule has 0 aliphatic heterocycles. The monoisotopic (exact) mass is 288 g/mol. The molecule has 9 heteroatoms. The summed E-state index contributed by atoms with van der Waals surface area (Å²) in [6.45, 7) is 0. The fourth-order valence-corrected chi connectivity index (χ4v) is 1.51. The lowest BCUT2D eigenvalue weighted by atomic mass is 10.3. The zero-order chi connectivity index (χ0) is 15.4. The van der Waals surface area contributed by atoms with Gasteiger partial charge >= 0.3 is 0 Å². The van der Waals surface area contributed by atoms with Crippen molar-refractivity contribution in [3.8, 4) is 0 Å². The molecule has 2 aromatic carbocycles. The minimum Gasteiger partial charge on any atom is -0.594 e. The van der Waals surface area contributed by atoms with Gasteiger partial charge in [0.15, 0.2) is 0 Å². The van der Waals surface area contributed by atoms with Crippen molar-refractivity contribution in [2.45, 2.75) is 0 Å². The van der Waals surface area contributed by atoms with Gasteiger partial charge in [-0.2, -0.15) is 0 Å². The summed E-state index contributed by atoms with van der Waals surface area (Å²) in [6, 6.07) is 10.0. The van der Waals surface area contributed by atoms with Crippen molar-refractivity contribution in [3.05, 3.63) is 74.0 Å². The van der Waals surface area contributed by atoms with E-state index in [-0.39, 0.29) is 27.6 Å². The second-order valence-electron chi connectivity index (χ2n) is 3.92. The van der Waals surface area contributed by atoms with Gasteiger partial charge < -0.3 is 5.21 Å². The van der Waals surface area contributed by atoms with Crippen molar-refractivity contribution >= 4 is 22.7 Å². The maximum Gasteiger partial charge on any atom is 0.269 e. The van der Waals surface area contributed by atoms with Gasteiger partial charge in [0.1, 0.15) is 5.69 Å². The molecule has 9 nitrogen and oxygen atoms in total. The van der Waals surface area contributed by atoms with E-state index in [0.717, 1.165) is 0 Å². The number of non-ortho nitro benzene ring substituents is 2. The fraction of sp³-hybridized carbons (Fsp3) is 0. The highest BCUT2D eigenvalue weighted by Gasteiger charge is 2.10. The number of nitro benzene ring substituents is 2. The Balaban J connectivity index is 2.23. The minimum atomic E-state index is -0.577. The van der Waals surface area contributed by atoms with E-state index >= 15 is 0 Å². The normalized spacial score (nSPS) is 11.1. The first-order chi connectivity index (χ1) is 9.97. The lowest BCUT2D eigenvalue weighted by Crippen LogP contribution is -1.92. The van der Waals surface area contributed by atoms with Gasteiger partial charge in [-0.3, -0.25) is 20.2 Å². The number of nitrogens with zero attached hydrogens (tertiary/aromatic N) is 4. The summed E-state index contributed by atoms with van der Waals surface area (Å²) >= 11 is 0.